The van der Waals surface area contributed by atoms with Crippen LogP contribution in [0.5, 0.6) is 0 Å². The summed E-state index contributed by atoms with van der Waals surface area (Å²) in [6.45, 7) is 6.34. The van der Waals surface area contributed by atoms with E-state index in [-0.39, 0.29) is 31.3 Å². The van der Waals surface area contributed by atoms with Crippen LogP contribution in [0.3, 0.4) is 0 Å². The maximum absolute atomic E-state index is 13.7. The number of benzene rings is 3. The highest BCUT2D eigenvalue weighted by molar-refractivity contribution is 7.92. The van der Waals surface area contributed by atoms with Crippen LogP contribution in [0.1, 0.15) is 40.7 Å². The summed E-state index contributed by atoms with van der Waals surface area (Å²) < 4.78 is 26.6. The van der Waals surface area contributed by atoms with Gasteiger partial charge in [0.05, 0.1) is 11.9 Å². The summed E-state index contributed by atoms with van der Waals surface area (Å²) in [4.78, 5) is 28.4. The first-order valence-electron chi connectivity index (χ1n) is 13.1. The molecule has 8 heteroatoms. The molecule has 0 spiro atoms. The Hall–Kier alpha value is -3.65. The van der Waals surface area contributed by atoms with Crippen molar-refractivity contribution in [1.82, 2.24) is 10.2 Å². The van der Waals surface area contributed by atoms with Gasteiger partial charge >= 0.3 is 0 Å². The molecule has 0 radical (unpaired) electrons. The second-order valence-electron chi connectivity index (χ2n) is 10.0. The number of amides is 2. The lowest BCUT2D eigenvalue weighted by atomic mass is 10.0. The highest BCUT2D eigenvalue weighted by atomic mass is 32.2. The van der Waals surface area contributed by atoms with E-state index in [0.29, 0.717) is 18.5 Å². The quantitative estimate of drug-likeness (QED) is 0.359. The third-order valence-corrected chi connectivity index (χ3v) is 8.08. The predicted octanol–water partition coefficient (Wildman–Crippen LogP) is 4.54. The van der Waals surface area contributed by atoms with E-state index in [0.717, 1.165) is 27.8 Å². The molecule has 0 fully saturated rings. The van der Waals surface area contributed by atoms with Gasteiger partial charge in [-0.2, -0.15) is 0 Å². The van der Waals surface area contributed by atoms with Crippen molar-refractivity contribution in [2.24, 2.45) is 0 Å². The Morgan fingerprint density at radius 2 is 1.56 bits per heavy atom. The van der Waals surface area contributed by atoms with E-state index in [4.69, 9.17) is 0 Å². The number of rotatable bonds is 12. The molecular formula is C31H39N3O4S. The van der Waals surface area contributed by atoms with Crippen LogP contribution >= 0.6 is 0 Å². The molecular weight excluding hydrogens is 510 g/mol. The molecule has 1 N–H and O–H groups in total. The molecule has 0 aliphatic rings. The normalized spacial score (nSPS) is 12.0. The van der Waals surface area contributed by atoms with Gasteiger partial charge in [0.2, 0.25) is 21.8 Å². The smallest absolute Gasteiger partial charge is 0.242 e. The molecule has 3 aromatic rings. The Labute approximate surface area is 232 Å². The van der Waals surface area contributed by atoms with Gasteiger partial charge in [-0.15, -0.1) is 0 Å². The maximum Gasteiger partial charge on any atom is 0.242 e. The van der Waals surface area contributed by atoms with Crippen molar-refractivity contribution < 1.29 is 18.0 Å². The van der Waals surface area contributed by atoms with Gasteiger partial charge in [0.1, 0.15) is 6.04 Å². The van der Waals surface area contributed by atoms with Crippen molar-refractivity contribution in [2.75, 3.05) is 24.2 Å². The minimum Gasteiger partial charge on any atom is -0.357 e. The second-order valence-corrected chi connectivity index (χ2v) is 11.9. The number of carbonyl (C=O) groups is 2. The van der Waals surface area contributed by atoms with Crippen molar-refractivity contribution in [3.8, 4) is 0 Å². The van der Waals surface area contributed by atoms with Crippen molar-refractivity contribution in [2.45, 2.75) is 52.6 Å². The molecule has 0 saturated heterocycles. The molecule has 0 heterocycles. The minimum absolute atomic E-state index is 0.102. The zero-order chi connectivity index (χ0) is 28.6. The molecule has 2 amide bonds. The summed E-state index contributed by atoms with van der Waals surface area (Å²) in [6, 6.07) is 22.3. The third-order valence-electron chi connectivity index (χ3n) is 6.88. The van der Waals surface area contributed by atoms with Gasteiger partial charge in [-0.3, -0.25) is 13.9 Å². The molecule has 0 aromatic heterocycles. The van der Waals surface area contributed by atoms with Crippen LogP contribution in [0.4, 0.5) is 5.69 Å². The number of nitrogens with zero attached hydrogens (tertiary/aromatic N) is 2. The van der Waals surface area contributed by atoms with Gasteiger partial charge in [-0.1, -0.05) is 66.2 Å². The molecule has 0 saturated carbocycles. The van der Waals surface area contributed by atoms with Crippen LogP contribution in [0.25, 0.3) is 0 Å². The average molecular weight is 550 g/mol. The number of hydrogen-bond donors (Lipinski definition) is 1. The zero-order valence-electron chi connectivity index (χ0n) is 23.5. The van der Waals surface area contributed by atoms with Crippen LogP contribution < -0.4 is 9.62 Å². The first-order chi connectivity index (χ1) is 18.5. The lowest BCUT2D eigenvalue weighted by molar-refractivity contribution is -0.141. The Morgan fingerprint density at radius 3 is 2.18 bits per heavy atom. The van der Waals surface area contributed by atoms with Gasteiger partial charge in [0.15, 0.2) is 0 Å². The lowest BCUT2D eigenvalue weighted by Crippen LogP contribution is -2.49. The van der Waals surface area contributed by atoms with Crippen LogP contribution in [0.2, 0.25) is 0 Å². The summed E-state index contributed by atoms with van der Waals surface area (Å²) in [7, 11) is -1.98. The van der Waals surface area contributed by atoms with Gasteiger partial charge in [0.25, 0.3) is 0 Å². The number of likely N-dealkylation sites (N-methyl/N-ethyl adjacent to an activating group) is 1. The predicted molar refractivity (Wildman–Crippen MR) is 157 cm³/mol. The zero-order valence-corrected chi connectivity index (χ0v) is 24.3. The largest absolute Gasteiger partial charge is 0.357 e. The molecule has 1 atom stereocenters. The van der Waals surface area contributed by atoms with Gasteiger partial charge in [0, 0.05) is 33.0 Å². The molecule has 0 bridgehead atoms. The van der Waals surface area contributed by atoms with Gasteiger partial charge < -0.3 is 10.2 Å². The number of sulfonamides is 1. The van der Waals surface area contributed by atoms with Crippen LogP contribution in [-0.4, -0.2) is 51.0 Å². The molecule has 7 nitrogen and oxygen atoms in total. The molecule has 0 aliphatic carbocycles. The minimum atomic E-state index is -3.55. The molecule has 1 unspecified atom stereocenters. The Kier molecular flexibility index (Phi) is 10.3. The standard InChI is InChI=1S/C31H39N3O4S/c1-23-11-9-14-27(19-23)22-33(29(31(36)32-4)21-26-12-7-6-8-13-26)30(35)15-10-18-34(39(5,37)38)28-17-16-24(2)25(3)20-28/h6-9,11-14,16-17,19-20,29H,10,15,18,21-22H2,1-5H3,(H,32,36). The maximum atomic E-state index is 13.7. The fourth-order valence-corrected chi connectivity index (χ4v) is 5.57. The Bertz CT molecular complexity index is 1390. The number of nitrogens with one attached hydrogen (secondary N) is 1. The first-order valence-corrected chi connectivity index (χ1v) is 15.0. The van der Waals surface area contributed by atoms with Crippen molar-refractivity contribution in [3.05, 3.63) is 101 Å². The number of aryl methyl sites for hydroxylation is 3. The number of anilines is 1. The SMILES string of the molecule is CNC(=O)C(Cc1ccccc1)N(Cc1cccc(C)c1)C(=O)CCCN(c1ccc(C)c(C)c1)S(C)(=O)=O. The van der Waals surface area contributed by atoms with E-state index in [2.05, 4.69) is 5.32 Å². The molecule has 3 rings (SSSR count). The highest BCUT2D eigenvalue weighted by Gasteiger charge is 2.30. The van der Waals surface area contributed by atoms with Gasteiger partial charge in [-0.25, -0.2) is 8.42 Å². The molecule has 208 valence electrons. The van der Waals surface area contributed by atoms with Gasteiger partial charge in [-0.05, 0) is 61.6 Å². The fraction of sp³-hybridized carbons (Fsp3) is 0.355. The van der Waals surface area contributed by atoms with Crippen molar-refractivity contribution in [1.29, 1.82) is 0 Å². The summed E-state index contributed by atoms with van der Waals surface area (Å²) in [5, 5.41) is 2.72. The molecule has 3 aromatic carbocycles. The summed E-state index contributed by atoms with van der Waals surface area (Å²) >= 11 is 0. The van der Waals surface area contributed by atoms with E-state index in [1.807, 2.05) is 87.5 Å². The number of carbonyl (C=O) groups excluding carboxylic acids is 2. The highest BCUT2D eigenvalue weighted by Crippen LogP contribution is 2.23. The monoisotopic (exact) mass is 549 g/mol. The van der Waals surface area contributed by atoms with Crippen LogP contribution in [0.15, 0.2) is 72.8 Å². The third kappa shape index (κ3) is 8.42. The van der Waals surface area contributed by atoms with Crippen molar-refractivity contribution in [3.63, 3.8) is 0 Å². The van der Waals surface area contributed by atoms with E-state index in [1.165, 1.54) is 10.6 Å². The summed E-state index contributed by atoms with van der Waals surface area (Å²) in [5.74, 6) is -0.442. The molecule has 0 aliphatic heterocycles. The summed E-state index contributed by atoms with van der Waals surface area (Å²) in [5.41, 5.74) is 5.60. The molecule has 39 heavy (non-hydrogen) atoms. The average Bonchev–Trinajstić information content (AvgIpc) is 2.89. The van der Waals surface area contributed by atoms with Crippen LogP contribution in [-0.2, 0) is 32.6 Å². The number of hydrogen-bond acceptors (Lipinski definition) is 4. The Morgan fingerprint density at radius 1 is 0.872 bits per heavy atom. The van der Waals surface area contributed by atoms with E-state index < -0.39 is 16.1 Å². The Balaban J connectivity index is 1.85. The second kappa shape index (κ2) is 13.4. The summed E-state index contributed by atoms with van der Waals surface area (Å²) in [6.07, 6.45) is 1.96. The fourth-order valence-electron chi connectivity index (χ4n) is 4.61. The van der Waals surface area contributed by atoms with E-state index >= 15 is 0 Å². The van der Waals surface area contributed by atoms with Crippen LogP contribution in [0, 0.1) is 20.8 Å². The first kappa shape index (κ1) is 29.9. The topological polar surface area (TPSA) is 86.8 Å². The lowest BCUT2D eigenvalue weighted by Gasteiger charge is -2.31. The van der Waals surface area contributed by atoms with Crippen molar-refractivity contribution >= 4 is 27.5 Å². The van der Waals surface area contributed by atoms with E-state index in [9.17, 15) is 18.0 Å². The van der Waals surface area contributed by atoms with E-state index in [1.54, 1.807) is 18.0 Å².